The predicted octanol–water partition coefficient (Wildman–Crippen LogP) is 0.855. The molecule has 19 atom stereocenters. The largest absolute Gasteiger partial charge is 0.483 e. The average Bonchev–Trinajstić information content (AvgIpc) is 3.54. The van der Waals surface area contributed by atoms with Gasteiger partial charge >= 0.3 is 0 Å². The van der Waals surface area contributed by atoms with E-state index in [1.54, 1.807) is 13.0 Å². The molecule has 0 aromatic carbocycles. The highest BCUT2D eigenvalue weighted by Crippen LogP contribution is 2.74. The summed E-state index contributed by atoms with van der Waals surface area (Å²) in [6.45, 7) is 15.9. The molecule has 57 heavy (non-hydrogen) atoms. The molecule has 320 valence electrons. The van der Waals surface area contributed by atoms with E-state index in [-0.39, 0.29) is 42.0 Å². The number of hydrogen-bond acceptors (Lipinski definition) is 15. The lowest BCUT2D eigenvalue weighted by atomic mass is 9.38. The lowest BCUT2D eigenvalue weighted by Gasteiger charge is -2.64. The number of ketones is 3. The number of allylic oxidation sites excluding steroid dienone is 2. The molecule has 0 unspecified atom stereocenters. The van der Waals surface area contributed by atoms with Crippen molar-refractivity contribution in [1.29, 1.82) is 0 Å². The number of carbonyl (C=O) groups is 3. The van der Waals surface area contributed by atoms with Crippen molar-refractivity contribution in [3.63, 3.8) is 0 Å². The molecule has 0 radical (unpaired) electrons. The van der Waals surface area contributed by atoms with Gasteiger partial charge in [-0.15, -0.1) is 0 Å². The average molecular weight is 807 g/mol. The van der Waals surface area contributed by atoms with E-state index in [9.17, 15) is 50.1 Å². The number of ether oxygens (including phenoxy) is 5. The van der Waals surface area contributed by atoms with Gasteiger partial charge in [0.2, 0.25) is 5.78 Å². The Kier molecular flexibility index (Phi) is 10.7. The Labute approximate surface area is 333 Å². The van der Waals surface area contributed by atoms with E-state index in [4.69, 9.17) is 23.7 Å². The normalized spacial score (nSPS) is 52.2. The summed E-state index contributed by atoms with van der Waals surface area (Å²) in [6, 6.07) is 0. The summed E-state index contributed by atoms with van der Waals surface area (Å²) in [4.78, 5) is 43.4. The third-order valence-corrected chi connectivity index (χ3v) is 15.8. The summed E-state index contributed by atoms with van der Waals surface area (Å²) >= 11 is 0. The third kappa shape index (κ3) is 6.04. The van der Waals surface area contributed by atoms with E-state index in [2.05, 4.69) is 0 Å². The van der Waals surface area contributed by atoms with E-state index >= 15 is 0 Å². The maximum atomic E-state index is 14.9. The number of carbonyl (C=O) groups excluding carboxylic acids is 3. The fraction of sp³-hybridized carbons (Fsp3) is 0.833. The molecular formula is C42H62O15. The first-order chi connectivity index (χ1) is 26.4. The Morgan fingerprint density at radius 2 is 1.47 bits per heavy atom. The molecule has 0 aromatic rings. The molecule has 7 N–H and O–H groups in total. The first kappa shape index (κ1) is 43.0. The zero-order valence-electron chi connectivity index (χ0n) is 34.3. The molecule has 0 spiro atoms. The second-order valence-electron chi connectivity index (χ2n) is 19.6. The van der Waals surface area contributed by atoms with E-state index in [1.807, 2.05) is 48.5 Å². The molecule has 3 aliphatic heterocycles. The van der Waals surface area contributed by atoms with Gasteiger partial charge in [0.25, 0.3) is 0 Å². The highest BCUT2D eigenvalue weighted by Gasteiger charge is 2.77. The zero-order valence-corrected chi connectivity index (χ0v) is 34.3. The van der Waals surface area contributed by atoms with Gasteiger partial charge in [-0.05, 0) is 55.9 Å². The van der Waals surface area contributed by atoms with E-state index in [0.29, 0.717) is 24.2 Å². The predicted molar refractivity (Wildman–Crippen MR) is 198 cm³/mol. The lowest BCUT2D eigenvalue weighted by molar-refractivity contribution is -0.372. The van der Waals surface area contributed by atoms with Gasteiger partial charge in [-0.2, -0.15) is 0 Å². The molecule has 0 aromatic heterocycles. The number of Topliss-reactive ketones (excluding diaryl/α,β-unsaturated/α-hetero) is 1. The Morgan fingerprint density at radius 3 is 2.09 bits per heavy atom. The molecule has 0 amide bonds. The summed E-state index contributed by atoms with van der Waals surface area (Å²) in [5.74, 6) is -2.07. The van der Waals surface area contributed by atoms with E-state index in [0.717, 1.165) is 0 Å². The van der Waals surface area contributed by atoms with Gasteiger partial charge < -0.3 is 59.4 Å². The van der Waals surface area contributed by atoms with E-state index < -0.39 is 119 Å². The molecule has 3 saturated carbocycles. The number of aliphatic hydroxyl groups excluding tert-OH is 7. The van der Waals surface area contributed by atoms with Crippen LogP contribution in [-0.2, 0) is 38.1 Å². The SMILES string of the molecule is CC(C)C1=CC(=O)[C@](C)([C@H]2[C@H](O)C[C@@]3(C)[C@@H]4C(=O)C=C5[C@@H](CC[C@@H](O[C@@H]6O[C@H](CO)[C@@H](O)[C@H](O)[C@H]6O[C@@H]6O[C@@H](C)[C@H](O)[C@@H](O)[C@H]6O)C5(C)C)[C@]4(C)C(=O)C[C@]23C)O1. The van der Waals surface area contributed by atoms with Crippen molar-refractivity contribution in [3.05, 3.63) is 23.5 Å². The fourth-order valence-electron chi connectivity index (χ4n) is 12.4. The molecule has 7 aliphatic rings. The molecular weight excluding hydrogens is 744 g/mol. The summed E-state index contributed by atoms with van der Waals surface area (Å²) in [5.41, 5.74) is -4.61. The van der Waals surface area contributed by atoms with Crippen LogP contribution in [0.1, 0.15) is 88.0 Å². The van der Waals surface area contributed by atoms with Crippen LogP contribution in [0.3, 0.4) is 0 Å². The maximum absolute atomic E-state index is 14.9. The Morgan fingerprint density at radius 1 is 0.807 bits per heavy atom. The maximum Gasteiger partial charge on any atom is 0.202 e. The van der Waals surface area contributed by atoms with Gasteiger partial charge in [0, 0.05) is 41.1 Å². The molecule has 15 nitrogen and oxygen atoms in total. The van der Waals surface area contributed by atoms with Crippen LogP contribution >= 0.6 is 0 Å². The minimum atomic E-state index is -1.73. The summed E-state index contributed by atoms with van der Waals surface area (Å²) < 4.78 is 30.5. The van der Waals surface area contributed by atoms with Crippen molar-refractivity contribution < 1.29 is 73.8 Å². The van der Waals surface area contributed by atoms with Gasteiger partial charge in [-0.25, -0.2) is 0 Å². The Balaban J connectivity index is 1.19. The monoisotopic (exact) mass is 806 g/mol. The third-order valence-electron chi connectivity index (χ3n) is 15.8. The highest BCUT2D eigenvalue weighted by molar-refractivity contribution is 6.03. The van der Waals surface area contributed by atoms with Crippen LogP contribution < -0.4 is 0 Å². The summed E-state index contributed by atoms with van der Waals surface area (Å²) in [5, 5.41) is 75.2. The molecule has 2 saturated heterocycles. The molecule has 5 fully saturated rings. The van der Waals surface area contributed by atoms with Crippen LogP contribution in [0.25, 0.3) is 0 Å². The number of aliphatic hydroxyl groups is 7. The molecule has 3 heterocycles. The van der Waals surface area contributed by atoms with Crippen molar-refractivity contribution in [2.75, 3.05) is 6.61 Å². The minimum Gasteiger partial charge on any atom is -0.483 e. The Bertz CT molecular complexity index is 1710. The van der Waals surface area contributed by atoms with Crippen LogP contribution in [0, 0.1) is 45.3 Å². The Hall–Kier alpha value is -2.15. The minimum absolute atomic E-state index is 0.0377. The number of rotatable bonds is 7. The molecule has 15 heteroatoms. The zero-order chi connectivity index (χ0) is 42.1. The highest BCUT2D eigenvalue weighted by atomic mass is 16.8. The lowest BCUT2D eigenvalue weighted by Crippen LogP contribution is -2.67. The molecule has 7 rings (SSSR count). The van der Waals surface area contributed by atoms with Gasteiger partial charge in [0.05, 0.1) is 24.9 Å². The van der Waals surface area contributed by atoms with Crippen LogP contribution in [0.15, 0.2) is 23.5 Å². The van der Waals surface area contributed by atoms with Crippen molar-refractivity contribution in [3.8, 4) is 0 Å². The molecule has 4 aliphatic carbocycles. The number of fused-ring (bicyclic) bond motifs is 5. The van der Waals surface area contributed by atoms with Crippen molar-refractivity contribution in [1.82, 2.24) is 0 Å². The van der Waals surface area contributed by atoms with Crippen molar-refractivity contribution in [2.24, 2.45) is 45.3 Å². The van der Waals surface area contributed by atoms with Crippen LogP contribution in [0.4, 0.5) is 0 Å². The first-order valence-corrected chi connectivity index (χ1v) is 20.5. The van der Waals surface area contributed by atoms with Gasteiger partial charge in [-0.1, -0.05) is 54.0 Å². The van der Waals surface area contributed by atoms with Crippen LogP contribution in [-0.4, -0.2) is 139 Å². The van der Waals surface area contributed by atoms with Gasteiger partial charge in [0.15, 0.2) is 24.0 Å². The topological polar surface area (TPSA) is 239 Å². The molecule has 0 bridgehead atoms. The van der Waals surface area contributed by atoms with Crippen molar-refractivity contribution >= 4 is 17.3 Å². The van der Waals surface area contributed by atoms with Crippen LogP contribution in [0.2, 0.25) is 0 Å². The van der Waals surface area contributed by atoms with Crippen molar-refractivity contribution in [2.45, 2.75) is 167 Å². The van der Waals surface area contributed by atoms with E-state index in [1.165, 1.54) is 13.0 Å². The standard InChI is InChI=1S/C42H62O15/c1-17(2)23-13-25(46)42(9,57-23)35-22(45)14-39(6)34-21(44)12-20-19(41(34,8)26(47)15-40(35,39)7)10-11-27(38(20,4)5)55-37-33(31(51)29(49)24(16-43)54-37)56-36-32(52)30(50)28(48)18(3)53-36/h12-13,17-19,22,24,27-37,43,45,48-52H,10-11,14-16H2,1-9H3/t18-,19+,22+,24+,27+,28-,29+,30+,31-,32+,33+,34-,35-,36-,37-,39-,40+,41+,42+/m0/s1. The summed E-state index contributed by atoms with van der Waals surface area (Å²) in [7, 11) is 0. The summed E-state index contributed by atoms with van der Waals surface area (Å²) in [6.07, 6.45) is -12.4. The van der Waals surface area contributed by atoms with Gasteiger partial charge in [-0.3, -0.25) is 14.4 Å². The van der Waals surface area contributed by atoms with Gasteiger partial charge in [0.1, 0.15) is 54.3 Å². The quantitative estimate of drug-likeness (QED) is 0.189. The second kappa shape index (κ2) is 14.2. The first-order valence-electron chi connectivity index (χ1n) is 20.5. The smallest absolute Gasteiger partial charge is 0.202 e. The fourth-order valence-corrected chi connectivity index (χ4v) is 12.4. The number of hydrogen-bond donors (Lipinski definition) is 7. The second-order valence-corrected chi connectivity index (χ2v) is 19.6. The van der Waals surface area contributed by atoms with Crippen LogP contribution in [0.5, 0.6) is 0 Å².